The van der Waals surface area contributed by atoms with Gasteiger partial charge in [-0.3, -0.25) is 13.7 Å². The Balaban J connectivity index is 1.58. The Labute approximate surface area is 222 Å². The number of fused-ring (bicyclic) bond motifs is 1. The third kappa shape index (κ3) is 7.19. The van der Waals surface area contributed by atoms with Crippen molar-refractivity contribution in [1.29, 1.82) is 0 Å². The summed E-state index contributed by atoms with van der Waals surface area (Å²) in [6.07, 6.45) is -4.10. The van der Waals surface area contributed by atoms with Crippen LogP contribution in [0.5, 0.6) is 0 Å². The van der Waals surface area contributed by atoms with E-state index in [1.165, 1.54) is 22.7 Å². The van der Waals surface area contributed by atoms with Crippen molar-refractivity contribution in [1.82, 2.24) is 19.5 Å². The molecular weight excluding hydrogens is 560 g/mol. The molecule has 1 unspecified atom stereocenters. The summed E-state index contributed by atoms with van der Waals surface area (Å²) in [5, 5.41) is 25.1. The van der Waals surface area contributed by atoms with Gasteiger partial charge in [0.05, 0.1) is 12.9 Å². The van der Waals surface area contributed by atoms with Crippen molar-refractivity contribution in [2.75, 3.05) is 17.8 Å². The second-order valence-electron chi connectivity index (χ2n) is 8.97. The van der Waals surface area contributed by atoms with Gasteiger partial charge in [0, 0.05) is 11.8 Å². The molecule has 2 aromatic heterocycles. The van der Waals surface area contributed by atoms with Crippen LogP contribution in [0.2, 0.25) is 0 Å². The predicted molar refractivity (Wildman–Crippen MR) is 139 cm³/mol. The molecule has 0 aliphatic carbocycles. The number of hydrogen-bond acceptors (Lipinski definition) is 11. The molecule has 3 heterocycles. The fraction of sp³-hybridized carbons (Fsp3) is 0.476. The molecule has 1 fully saturated rings. The van der Waals surface area contributed by atoms with Crippen molar-refractivity contribution >= 4 is 43.9 Å². The molecular formula is C21H29N5O9P2S. The molecule has 0 radical (unpaired) electrons. The van der Waals surface area contributed by atoms with E-state index in [4.69, 9.17) is 19.0 Å². The van der Waals surface area contributed by atoms with E-state index in [2.05, 4.69) is 20.3 Å². The standard InChI is InChI=1S/C21H29N5O9P2S/c1-12(2)38-21-24-18(22-8-13-6-4-3-5-7-13)15-19(25-21)26(10-23-15)20-17(28)16(27)14(35-20)9-34-37(32,33)11-36(29,30)31/h3-7,10,12,14,16-17,20,27-28H,8-9,11H2,1-2H3,(H,32,33)(H,22,24,25)(H2,29,30,31)/t14-,16-,17-,20-/m1/s1. The fourth-order valence-electron chi connectivity index (χ4n) is 3.81. The van der Waals surface area contributed by atoms with Crippen LogP contribution in [0.1, 0.15) is 25.6 Å². The van der Waals surface area contributed by atoms with Gasteiger partial charge in [0.15, 0.2) is 34.3 Å². The lowest BCUT2D eigenvalue weighted by Crippen LogP contribution is -2.33. The lowest BCUT2D eigenvalue weighted by molar-refractivity contribution is -0.0484. The van der Waals surface area contributed by atoms with E-state index < -0.39 is 52.2 Å². The van der Waals surface area contributed by atoms with Crippen LogP contribution in [-0.2, 0) is 24.9 Å². The summed E-state index contributed by atoms with van der Waals surface area (Å²) in [5.41, 5.74) is 1.75. The van der Waals surface area contributed by atoms with Gasteiger partial charge in [-0.25, -0.2) is 15.0 Å². The molecule has 1 saturated heterocycles. The number of nitrogens with one attached hydrogen (secondary N) is 1. The number of anilines is 1. The van der Waals surface area contributed by atoms with Gasteiger partial charge in [-0.1, -0.05) is 55.9 Å². The second-order valence-corrected chi connectivity index (χ2v) is 14.5. The first-order valence-corrected chi connectivity index (χ1v) is 16.0. The maximum Gasteiger partial charge on any atom is 0.340 e. The van der Waals surface area contributed by atoms with Crippen LogP contribution in [-0.4, -0.2) is 80.5 Å². The van der Waals surface area contributed by atoms with E-state index >= 15 is 0 Å². The highest BCUT2D eigenvalue weighted by molar-refractivity contribution is 7.99. The van der Waals surface area contributed by atoms with Crippen LogP contribution in [0.15, 0.2) is 41.8 Å². The summed E-state index contributed by atoms with van der Waals surface area (Å²) in [5.74, 6) is -0.917. The van der Waals surface area contributed by atoms with Crippen LogP contribution in [0, 0.1) is 0 Å². The molecule has 17 heteroatoms. The first-order chi connectivity index (χ1) is 17.8. The minimum atomic E-state index is -4.83. The molecule has 1 aromatic carbocycles. The predicted octanol–water partition coefficient (Wildman–Crippen LogP) is 1.90. The molecule has 0 spiro atoms. The van der Waals surface area contributed by atoms with E-state index in [1.54, 1.807) is 0 Å². The van der Waals surface area contributed by atoms with Crippen molar-refractivity contribution in [3.63, 3.8) is 0 Å². The average molecular weight is 590 g/mol. The van der Waals surface area contributed by atoms with E-state index in [-0.39, 0.29) is 5.25 Å². The highest BCUT2D eigenvalue weighted by atomic mass is 32.2. The fourth-order valence-corrected chi connectivity index (χ4v) is 7.09. The Hall–Kier alpha value is -1.90. The lowest BCUT2D eigenvalue weighted by Gasteiger charge is -2.18. The lowest BCUT2D eigenvalue weighted by atomic mass is 10.1. The molecule has 0 bridgehead atoms. The number of imidazole rings is 1. The van der Waals surface area contributed by atoms with Gasteiger partial charge in [0.25, 0.3) is 0 Å². The minimum Gasteiger partial charge on any atom is -0.387 e. The van der Waals surface area contributed by atoms with Gasteiger partial charge in [-0.2, -0.15) is 0 Å². The SMILES string of the molecule is CC(C)Sc1nc(NCc2ccccc2)c2ncn([C@@H]3O[C@H](COP(=O)(O)CP(=O)(O)O)[C@@H](O)[C@H]3O)c2n1. The zero-order chi connectivity index (χ0) is 27.7. The van der Waals surface area contributed by atoms with Crippen LogP contribution < -0.4 is 5.32 Å². The summed E-state index contributed by atoms with van der Waals surface area (Å²) in [4.78, 5) is 41.2. The first kappa shape index (κ1) is 29.1. The molecule has 14 nitrogen and oxygen atoms in total. The van der Waals surface area contributed by atoms with Crippen molar-refractivity contribution in [3.8, 4) is 0 Å². The molecule has 38 heavy (non-hydrogen) atoms. The Kier molecular flexibility index (Phi) is 8.95. The molecule has 0 amide bonds. The molecule has 1 aliphatic heterocycles. The topological polar surface area (TPSA) is 209 Å². The van der Waals surface area contributed by atoms with E-state index in [0.717, 1.165) is 5.56 Å². The van der Waals surface area contributed by atoms with Crippen LogP contribution in [0.3, 0.4) is 0 Å². The Bertz CT molecular complexity index is 1360. The Morgan fingerprint density at radius 1 is 1.13 bits per heavy atom. The summed E-state index contributed by atoms with van der Waals surface area (Å²) in [6.45, 7) is 3.76. The van der Waals surface area contributed by atoms with E-state index in [9.17, 15) is 24.2 Å². The van der Waals surface area contributed by atoms with Gasteiger partial charge in [0.1, 0.15) is 18.3 Å². The Morgan fingerprint density at radius 2 is 1.84 bits per heavy atom. The minimum absolute atomic E-state index is 0.171. The van der Waals surface area contributed by atoms with E-state index in [0.29, 0.717) is 28.7 Å². The van der Waals surface area contributed by atoms with Gasteiger partial charge < -0.3 is 39.5 Å². The van der Waals surface area contributed by atoms with Crippen LogP contribution in [0.25, 0.3) is 11.2 Å². The van der Waals surface area contributed by atoms with Crippen LogP contribution >= 0.6 is 27.0 Å². The highest BCUT2D eigenvalue weighted by Crippen LogP contribution is 2.55. The van der Waals surface area contributed by atoms with Crippen LogP contribution in [0.4, 0.5) is 5.82 Å². The third-order valence-corrected chi connectivity index (χ3v) is 9.78. The number of aromatic nitrogens is 4. The number of nitrogens with zero attached hydrogens (tertiary/aromatic N) is 4. The maximum atomic E-state index is 12.0. The molecule has 208 valence electrons. The number of aliphatic hydroxyl groups is 2. The largest absolute Gasteiger partial charge is 0.387 e. The number of rotatable bonds is 11. The Morgan fingerprint density at radius 3 is 2.50 bits per heavy atom. The molecule has 6 N–H and O–H groups in total. The van der Waals surface area contributed by atoms with Crippen molar-refractivity contribution < 1.29 is 43.3 Å². The number of hydrogen-bond donors (Lipinski definition) is 6. The van der Waals surface area contributed by atoms with E-state index in [1.807, 2.05) is 44.2 Å². The summed E-state index contributed by atoms with van der Waals surface area (Å²) >= 11 is 1.42. The average Bonchev–Trinajstić information content (AvgIpc) is 3.36. The van der Waals surface area contributed by atoms with Gasteiger partial charge in [-0.15, -0.1) is 0 Å². The summed E-state index contributed by atoms with van der Waals surface area (Å²) in [6, 6.07) is 9.69. The number of thioether (sulfide) groups is 1. The first-order valence-electron chi connectivity index (χ1n) is 11.5. The number of benzene rings is 1. The smallest absolute Gasteiger partial charge is 0.340 e. The summed E-state index contributed by atoms with van der Waals surface area (Å²) in [7, 11) is -9.50. The monoisotopic (exact) mass is 589 g/mol. The van der Waals surface area contributed by atoms with Crippen molar-refractivity contribution in [3.05, 3.63) is 42.2 Å². The van der Waals surface area contributed by atoms with Crippen molar-refractivity contribution in [2.24, 2.45) is 0 Å². The molecule has 5 atom stereocenters. The second kappa shape index (κ2) is 11.7. The van der Waals surface area contributed by atoms with Gasteiger partial charge in [0.2, 0.25) is 0 Å². The molecule has 0 saturated carbocycles. The van der Waals surface area contributed by atoms with Crippen molar-refractivity contribution in [2.45, 2.75) is 55.3 Å². The van der Waals surface area contributed by atoms with Gasteiger partial charge in [-0.05, 0) is 5.56 Å². The quantitative estimate of drug-likeness (QED) is 0.107. The third-order valence-electron chi connectivity index (χ3n) is 5.46. The van der Waals surface area contributed by atoms with Gasteiger partial charge >= 0.3 is 15.2 Å². The zero-order valence-electron chi connectivity index (χ0n) is 20.4. The normalized spacial score (nSPS) is 23.7. The number of aliphatic hydroxyl groups excluding tert-OH is 2. The summed E-state index contributed by atoms with van der Waals surface area (Å²) < 4.78 is 35.0. The zero-order valence-corrected chi connectivity index (χ0v) is 23.0. The highest BCUT2D eigenvalue weighted by Gasteiger charge is 2.45. The molecule has 1 aliphatic rings. The molecule has 3 aromatic rings. The maximum absolute atomic E-state index is 12.0. The number of ether oxygens (including phenoxy) is 1. The molecule has 4 rings (SSSR count).